The maximum atomic E-state index is 13.5. The number of hydrogen-bond acceptors (Lipinski definition) is 10. The Morgan fingerprint density at radius 3 is 2.28 bits per heavy atom. The van der Waals surface area contributed by atoms with Gasteiger partial charge in [0.25, 0.3) is 0 Å². The van der Waals surface area contributed by atoms with Crippen LogP contribution in [0.15, 0.2) is 30.6 Å². The Bertz CT molecular complexity index is 1230. The molecule has 0 aliphatic heterocycles. The molecule has 3 aromatic rings. The van der Waals surface area contributed by atoms with Crippen LogP contribution >= 0.6 is 0 Å². The third-order valence-electron chi connectivity index (χ3n) is 5.17. The van der Waals surface area contributed by atoms with Crippen LogP contribution < -0.4 is 14.2 Å². The van der Waals surface area contributed by atoms with Crippen molar-refractivity contribution in [2.45, 2.75) is 38.2 Å². The summed E-state index contributed by atoms with van der Waals surface area (Å²) in [7, 11) is 0.258. The van der Waals surface area contributed by atoms with Gasteiger partial charge in [-0.05, 0) is 25.5 Å². The summed E-state index contributed by atoms with van der Waals surface area (Å²) in [5, 5.41) is 6.95. The Hall–Kier alpha value is -3.36. The van der Waals surface area contributed by atoms with Gasteiger partial charge in [0.15, 0.2) is 17.5 Å². The lowest BCUT2D eigenvalue weighted by atomic mass is 10.2. The van der Waals surface area contributed by atoms with E-state index in [9.17, 15) is 12.8 Å². The molecule has 2 atom stereocenters. The van der Waals surface area contributed by atoms with Crippen LogP contribution in [0.4, 0.5) is 10.3 Å². The minimum Gasteiger partial charge on any atom is -0.494 e. The molecule has 0 aliphatic rings. The smallest absolute Gasteiger partial charge is 0.243 e. The first-order valence-electron chi connectivity index (χ1n) is 11.0. The minimum atomic E-state index is -4.17. The number of anilines is 1. The molecule has 0 unspecified atom stereocenters. The molecule has 0 fully saturated rings. The predicted molar refractivity (Wildman–Crippen MR) is 128 cm³/mol. The number of halogens is 1. The standard InChI is InChI=1S/C22H29FN6O6S/c1-6-10-35-20(21-24-11-15(23)12-25-21)14(2)36(30,31)28-22-27-26-18(13-32-3)29(22)19-16(33-4)8-7-9-17(19)34-5/h7-9,11-12,14,20H,6,10,13H2,1-5H3,(H,27,28)/t14-,20+/m0/s1. The molecule has 2 aromatic heterocycles. The normalized spacial score (nSPS) is 13.3. The van der Waals surface area contributed by atoms with Crippen LogP contribution in [-0.2, 0) is 26.1 Å². The van der Waals surface area contributed by atoms with Crippen molar-refractivity contribution < 1.29 is 31.8 Å². The van der Waals surface area contributed by atoms with Crippen LogP contribution in [0.1, 0.15) is 38.0 Å². The van der Waals surface area contributed by atoms with Crippen molar-refractivity contribution in [2.75, 3.05) is 32.7 Å². The fraction of sp³-hybridized carbons (Fsp3) is 0.455. The largest absolute Gasteiger partial charge is 0.494 e. The SMILES string of the molecule is CCCO[C@@H](c1ncc(F)cn1)[C@H](C)S(=O)(=O)Nc1nnc(COC)n1-c1c(OC)cccc1OC. The first-order valence-corrected chi connectivity index (χ1v) is 12.6. The highest BCUT2D eigenvalue weighted by atomic mass is 32.2. The lowest BCUT2D eigenvalue weighted by molar-refractivity contribution is 0.0465. The summed E-state index contributed by atoms with van der Waals surface area (Å²) in [6.45, 7) is 3.59. The van der Waals surface area contributed by atoms with Gasteiger partial charge in [0, 0.05) is 13.7 Å². The van der Waals surface area contributed by atoms with Gasteiger partial charge in [-0.25, -0.2) is 22.8 Å². The fourth-order valence-electron chi connectivity index (χ4n) is 3.41. The van der Waals surface area contributed by atoms with E-state index in [1.165, 1.54) is 32.8 Å². The summed E-state index contributed by atoms with van der Waals surface area (Å²) in [5.41, 5.74) is 0.380. The lowest BCUT2D eigenvalue weighted by Crippen LogP contribution is -2.34. The molecular weight excluding hydrogens is 495 g/mol. The van der Waals surface area contributed by atoms with Crippen molar-refractivity contribution in [1.82, 2.24) is 24.7 Å². The zero-order valence-corrected chi connectivity index (χ0v) is 21.5. The molecule has 1 N–H and O–H groups in total. The molecule has 3 rings (SSSR count). The third kappa shape index (κ3) is 5.88. The molecule has 0 spiro atoms. The van der Waals surface area contributed by atoms with Gasteiger partial charge in [-0.1, -0.05) is 13.0 Å². The third-order valence-corrected chi connectivity index (χ3v) is 6.87. The second-order valence-corrected chi connectivity index (χ2v) is 9.66. The quantitative estimate of drug-likeness (QED) is 0.355. The van der Waals surface area contributed by atoms with Crippen LogP contribution in [0.3, 0.4) is 0 Å². The molecule has 0 saturated heterocycles. The number of nitrogens with zero attached hydrogens (tertiary/aromatic N) is 5. The molecule has 14 heteroatoms. The zero-order valence-electron chi connectivity index (χ0n) is 20.6. The maximum absolute atomic E-state index is 13.5. The molecule has 196 valence electrons. The van der Waals surface area contributed by atoms with Gasteiger partial charge in [0.1, 0.15) is 35.1 Å². The van der Waals surface area contributed by atoms with Crippen LogP contribution in [0, 0.1) is 5.82 Å². The maximum Gasteiger partial charge on any atom is 0.243 e. The van der Waals surface area contributed by atoms with E-state index >= 15 is 0 Å². The van der Waals surface area contributed by atoms with Crippen molar-refractivity contribution in [1.29, 1.82) is 0 Å². The second kappa shape index (κ2) is 12.1. The van der Waals surface area contributed by atoms with Crippen LogP contribution in [0.2, 0.25) is 0 Å². The minimum absolute atomic E-state index is 0.0249. The summed E-state index contributed by atoms with van der Waals surface area (Å²) in [6, 6.07) is 5.11. The number of benzene rings is 1. The number of methoxy groups -OCH3 is 3. The highest BCUT2D eigenvalue weighted by Crippen LogP contribution is 2.36. The van der Waals surface area contributed by atoms with E-state index in [2.05, 4.69) is 24.9 Å². The van der Waals surface area contributed by atoms with Crippen molar-refractivity contribution >= 4 is 16.0 Å². The Morgan fingerprint density at radius 2 is 1.72 bits per heavy atom. The number of aromatic nitrogens is 5. The van der Waals surface area contributed by atoms with Crippen molar-refractivity contribution in [3.63, 3.8) is 0 Å². The van der Waals surface area contributed by atoms with E-state index in [-0.39, 0.29) is 25.0 Å². The second-order valence-electron chi connectivity index (χ2n) is 7.62. The Morgan fingerprint density at radius 1 is 1.08 bits per heavy atom. The molecule has 12 nitrogen and oxygen atoms in total. The summed E-state index contributed by atoms with van der Waals surface area (Å²) in [5.74, 6) is 0.354. The average Bonchev–Trinajstić information content (AvgIpc) is 3.25. The monoisotopic (exact) mass is 524 g/mol. The van der Waals surface area contributed by atoms with Crippen LogP contribution in [0.25, 0.3) is 5.69 Å². The van der Waals surface area contributed by atoms with Crippen molar-refractivity contribution in [2.24, 2.45) is 0 Å². The average molecular weight is 525 g/mol. The van der Waals surface area contributed by atoms with E-state index in [1.54, 1.807) is 18.2 Å². The van der Waals surface area contributed by atoms with Gasteiger partial charge in [0.2, 0.25) is 16.0 Å². The lowest BCUT2D eigenvalue weighted by Gasteiger charge is -2.24. The van der Waals surface area contributed by atoms with Gasteiger partial charge in [-0.2, -0.15) is 0 Å². The first-order chi connectivity index (χ1) is 17.3. The molecule has 0 bridgehead atoms. The summed E-state index contributed by atoms with van der Waals surface area (Å²) >= 11 is 0. The molecule has 0 aliphatic carbocycles. The highest BCUT2D eigenvalue weighted by Gasteiger charge is 2.35. The van der Waals surface area contributed by atoms with Crippen molar-refractivity contribution in [3.8, 4) is 17.2 Å². The van der Waals surface area contributed by atoms with E-state index in [0.29, 0.717) is 29.4 Å². The fourth-order valence-corrected chi connectivity index (χ4v) is 4.51. The molecule has 1 aromatic carbocycles. The first kappa shape index (κ1) is 27.2. The number of sulfonamides is 1. The van der Waals surface area contributed by atoms with Gasteiger partial charge in [-0.15, -0.1) is 10.2 Å². The number of para-hydroxylation sites is 1. The zero-order chi connectivity index (χ0) is 26.3. The van der Waals surface area contributed by atoms with Crippen molar-refractivity contribution in [3.05, 3.63) is 48.1 Å². The number of rotatable bonds is 13. The molecule has 0 amide bonds. The van der Waals surface area contributed by atoms with Crippen LogP contribution in [0.5, 0.6) is 11.5 Å². The molecule has 36 heavy (non-hydrogen) atoms. The van der Waals surface area contributed by atoms with Gasteiger partial charge in [-0.3, -0.25) is 9.29 Å². The van der Waals surface area contributed by atoms with Gasteiger partial charge >= 0.3 is 0 Å². The molecule has 2 heterocycles. The van der Waals surface area contributed by atoms with E-state index in [4.69, 9.17) is 18.9 Å². The van der Waals surface area contributed by atoms with Crippen LogP contribution in [-0.4, -0.2) is 66.3 Å². The highest BCUT2D eigenvalue weighted by molar-refractivity contribution is 7.93. The summed E-state index contributed by atoms with van der Waals surface area (Å²) in [4.78, 5) is 7.85. The topological polar surface area (TPSA) is 140 Å². The molecule has 0 saturated carbocycles. The Labute approximate surface area is 208 Å². The Balaban J connectivity index is 2.05. The predicted octanol–water partition coefficient (Wildman–Crippen LogP) is 2.66. The number of hydrogen-bond donors (Lipinski definition) is 1. The molecular formula is C22H29FN6O6S. The number of nitrogens with one attached hydrogen (secondary N) is 1. The van der Waals surface area contributed by atoms with Gasteiger partial charge in [0.05, 0.1) is 26.6 Å². The molecule has 0 radical (unpaired) electrons. The Kier molecular flexibility index (Phi) is 9.12. The van der Waals surface area contributed by atoms with E-state index in [1.807, 2.05) is 6.92 Å². The summed E-state index contributed by atoms with van der Waals surface area (Å²) in [6.07, 6.45) is 1.47. The van der Waals surface area contributed by atoms with E-state index < -0.39 is 27.2 Å². The number of ether oxygens (including phenoxy) is 4. The van der Waals surface area contributed by atoms with Gasteiger partial charge < -0.3 is 18.9 Å². The summed E-state index contributed by atoms with van der Waals surface area (Å²) < 4.78 is 66.3. The van der Waals surface area contributed by atoms with E-state index in [0.717, 1.165) is 12.4 Å².